The number of nitrogens with two attached hydrogens (primary N) is 1. The minimum Gasteiger partial charge on any atom is -0.385 e. The van der Waals surface area contributed by atoms with E-state index in [-0.39, 0.29) is 15.8 Å². The zero-order chi connectivity index (χ0) is 15.8. The molecule has 0 aromatic carbocycles. The van der Waals surface area contributed by atoms with Gasteiger partial charge in [-0.1, -0.05) is 11.3 Å². The molecular formula is C10H13N5O4S2. The molecular weight excluding hydrogens is 318 g/mol. The normalized spacial score (nSPS) is 12.0. The molecule has 0 saturated carbocycles. The minimum atomic E-state index is -3.85. The molecule has 0 aliphatic rings. The third kappa shape index (κ3) is 2.89. The summed E-state index contributed by atoms with van der Waals surface area (Å²) >= 11 is 0.674. The molecule has 2 N–H and O–H groups in total. The van der Waals surface area contributed by atoms with E-state index in [0.29, 0.717) is 17.2 Å². The lowest BCUT2D eigenvalue weighted by atomic mass is 10.5. The van der Waals surface area contributed by atoms with E-state index in [1.807, 2.05) is 0 Å². The van der Waals surface area contributed by atoms with Crippen molar-refractivity contribution in [2.75, 3.05) is 12.8 Å². The number of nitro groups is 1. The molecule has 0 spiro atoms. The van der Waals surface area contributed by atoms with Gasteiger partial charge in [0.25, 0.3) is 10.0 Å². The first-order chi connectivity index (χ1) is 9.73. The van der Waals surface area contributed by atoms with Crippen molar-refractivity contribution in [2.45, 2.75) is 10.8 Å². The lowest BCUT2D eigenvalue weighted by Crippen LogP contribution is -2.27. The Morgan fingerprint density at radius 1 is 1.57 bits per heavy atom. The standard InChI is InChI=1S/C10H13N5O4S2/c1-13-4-3-12-8(13)6-14(2)21(18,19)9-5-7(15(16)17)10(11)20-9/h3-5H,6,11H2,1-2H3. The fourth-order valence-electron chi connectivity index (χ4n) is 1.63. The zero-order valence-corrected chi connectivity index (χ0v) is 12.9. The van der Waals surface area contributed by atoms with Crippen molar-refractivity contribution in [3.63, 3.8) is 0 Å². The van der Waals surface area contributed by atoms with Crippen molar-refractivity contribution in [1.29, 1.82) is 0 Å². The highest BCUT2D eigenvalue weighted by Gasteiger charge is 2.28. The maximum atomic E-state index is 12.4. The summed E-state index contributed by atoms with van der Waals surface area (Å²) < 4.78 is 27.4. The molecule has 0 aliphatic heterocycles. The first-order valence-electron chi connectivity index (χ1n) is 5.69. The molecule has 0 radical (unpaired) electrons. The number of nitrogens with zero attached hydrogens (tertiary/aromatic N) is 4. The van der Waals surface area contributed by atoms with E-state index >= 15 is 0 Å². The molecule has 11 heteroatoms. The summed E-state index contributed by atoms with van der Waals surface area (Å²) in [5.74, 6) is 0.556. The number of nitrogen functional groups attached to an aromatic ring is 1. The second-order valence-electron chi connectivity index (χ2n) is 4.29. The van der Waals surface area contributed by atoms with Crippen LogP contribution in [0.1, 0.15) is 5.82 Å². The Balaban J connectivity index is 2.31. The van der Waals surface area contributed by atoms with E-state index in [4.69, 9.17) is 5.73 Å². The van der Waals surface area contributed by atoms with Crippen LogP contribution in [0, 0.1) is 10.1 Å². The molecule has 0 fully saturated rings. The molecule has 0 bridgehead atoms. The monoisotopic (exact) mass is 331 g/mol. The molecule has 2 aromatic rings. The Hall–Kier alpha value is -1.98. The third-order valence-electron chi connectivity index (χ3n) is 2.86. The molecule has 0 atom stereocenters. The predicted molar refractivity (Wildman–Crippen MR) is 77.2 cm³/mol. The topological polar surface area (TPSA) is 124 Å². The van der Waals surface area contributed by atoms with Gasteiger partial charge < -0.3 is 10.3 Å². The molecule has 0 aliphatic carbocycles. The molecule has 0 amide bonds. The quantitative estimate of drug-likeness (QED) is 0.638. The van der Waals surface area contributed by atoms with Gasteiger partial charge in [-0.05, 0) is 0 Å². The smallest absolute Gasteiger partial charge is 0.304 e. The Morgan fingerprint density at radius 2 is 2.24 bits per heavy atom. The van der Waals surface area contributed by atoms with E-state index in [0.717, 1.165) is 10.4 Å². The number of hydrogen-bond donors (Lipinski definition) is 1. The Kier molecular flexibility index (Phi) is 3.98. The number of rotatable bonds is 5. The van der Waals surface area contributed by atoms with Gasteiger partial charge in [0.2, 0.25) is 0 Å². The average Bonchev–Trinajstić information content (AvgIpc) is 2.96. The fourth-order valence-corrected chi connectivity index (χ4v) is 4.18. The Labute approximate surface area is 124 Å². The van der Waals surface area contributed by atoms with Crippen molar-refractivity contribution in [1.82, 2.24) is 13.9 Å². The number of sulfonamides is 1. The summed E-state index contributed by atoms with van der Waals surface area (Å²) in [5, 5.41) is 10.6. The van der Waals surface area contributed by atoms with Crippen LogP contribution in [-0.2, 0) is 23.6 Å². The van der Waals surface area contributed by atoms with Gasteiger partial charge in [-0.15, -0.1) is 0 Å². The lowest BCUT2D eigenvalue weighted by molar-refractivity contribution is -0.383. The van der Waals surface area contributed by atoms with Crippen LogP contribution >= 0.6 is 11.3 Å². The van der Waals surface area contributed by atoms with Gasteiger partial charge >= 0.3 is 5.69 Å². The van der Waals surface area contributed by atoms with Crippen molar-refractivity contribution in [2.24, 2.45) is 7.05 Å². The zero-order valence-electron chi connectivity index (χ0n) is 11.3. The van der Waals surface area contributed by atoms with Gasteiger partial charge in [-0.2, -0.15) is 4.31 Å². The maximum Gasteiger partial charge on any atom is 0.304 e. The summed E-state index contributed by atoms with van der Waals surface area (Å²) in [6, 6.07) is 0.976. The summed E-state index contributed by atoms with van der Waals surface area (Å²) in [6.45, 7) is 0.0530. The van der Waals surface area contributed by atoms with Crippen LogP contribution in [-0.4, -0.2) is 34.2 Å². The van der Waals surface area contributed by atoms with Gasteiger partial charge in [0.1, 0.15) is 10.0 Å². The molecule has 2 heterocycles. The third-order valence-corrected chi connectivity index (χ3v) is 6.07. The van der Waals surface area contributed by atoms with E-state index < -0.39 is 20.6 Å². The number of thiophene rings is 1. The van der Waals surface area contributed by atoms with Crippen molar-refractivity contribution >= 4 is 32.0 Å². The van der Waals surface area contributed by atoms with Gasteiger partial charge in [0, 0.05) is 32.6 Å². The van der Waals surface area contributed by atoms with E-state index in [2.05, 4.69) is 4.98 Å². The number of hydrogen-bond acceptors (Lipinski definition) is 7. The van der Waals surface area contributed by atoms with E-state index in [9.17, 15) is 18.5 Å². The van der Waals surface area contributed by atoms with Gasteiger partial charge in [0.15, 0.2) is 5.00 Å². The Morgan fingerprint density at radius 3 is 2.71 bits per heavy atom. The van der Waals surface area contributed by atoms with Crippen molar-refractivity contribution < 1.29 is 13.3 Å². The van der Waals surface area contributed by atoms with Gasteiger partial charge in [-0.25, -0.2) is 13.4 Å². The highest BCUT2D eigenvalue weighted by molar-refractivity contribution is 7.91. The first-order valence-corrected chi connectivity index (χ1v) is 7.95. The summed E-state index contributed by atoms with van der Waals surface area (Å²) in [6.07, 6.45) is 3.26. The number of aromatic nitrogens is 2. The summed E-state index contributed by atoms with van der Waals surface area (Å²) in [4.78, 5) is 14.1. The van der Waals surface area contributed by atoms with Crippen LogP contribution < -0.4 is 5.73 Å². The van der Waals surface area contributed by atoms with Gasteiger partial charge in [-0.3, -0.25) is 10.1 Å². The van der Waals surface area contributed by atoms with Gasteiger partial charge in [0.05, 0.1) is 11.5 Å². The highest BCUT2D eigenvalue weighted by atomic mass is 32.2. The lowest BCUT2D eigenvalue weighted by Gasteiger charge is -2.15. The molecule has 0 saturated heterocycles. The second-order valence-corrected chi connectivity index (χ2v) is 7.64. The van der Waals surface area contributed by atoms with E-state index in [1.165, 1.54) is 7.05 Å². The molecule has 2 rings (SSSR count). The van der Waals surface area contributed by atoms with Crippen LogP contribution in [0.15, 0.2) is 22.7 Å². The van der Waals surface area contributed by atoms with E-state index in [1.54, 1.807) is 24.0 Å². The van der Waals surface area contributed by atoms with Crippen LogP contribution in [0.3, 0.4) is 0 Å². The van der Waals surface area contributed by atoms with Crippen LogP contribution in [0.4, 0.5) is 10.7 Å². The number of anilines is 1. The first kappa shape index (κ1) is 15.4. The van der Waals surface area contributed by atoms with Crippen LogP contribution in [0.25, 0.3) is 0 Å². The SMILES string of the molecule is CN(Cc1nccn1C)S(=O)(=O)c1cc([N+](=O)[O-])c(N)s1. The van der Waals surface area contributed by atoms with Crippen molar-refractivity contribution in [3.05, 3.63) is 34.4 Å². The predicted octanol–water partition coefficient (Wildman–Crippen LogP) is 0.793. The minimum absolute atomic E-state index is 0.0530. The van der Waals surface area contributed by atoms with Crippen molar-refractivity contribution in [3.8, 4) is 0 Å². The van der Waals surface area contributed by atoms with Crippen LogP contribution in [0.2, 0.25) is 0 Å². The number of imidazole rings is 1. The number of aryl methyl sites for hydroxylation is 1. The maximum absolute atomic E-state index is 12.4. The molecule has 9 nitrogen and oxygen atoms in total. The molecule has 2 aromatic heterocycles. The average molecular weight is 331 g/mol. The molecule has 21 heavy (non-hydrogen) atoms. The van der Waals surface area contributed by atoms with Crippen LogP contribution in [0.5, 0.6) is 0 Å². The molecule has 0 unspecified atom stereocenters. The second kappa shape index (κ2) is 5.42. The molecule has 114 valence electrons. The summed E-state index contributed by atoms with van der Waals surface area (Å²) in [7, 11) is -0.725. The highest BCUT2D eigenvalue weighted by Crippen LogP contribution is 2.35. The Bertz CT molecular complexity index is 779. The largest absolute Gasteiger partial charge is 0.385 e. The fraction of sp³-hybridized carbons (Fsp3) is 0.300. The summed E-state index contributed by atoms with van der Waals surface area (Å²) in [5.41, 5.74) is 5.08.